The SMILES string of the molecule is Cn1ccc(CNc2cc(N)cc(Cl)n2)n1. The largest absolute Gasteiger partial charge is 0.399 e. The second kappa shape index (κ2) is 4.40. The van der Waals surface area contributed by atoms with E-state index < -0.39 is 0 Å². The molecule has 0 bridgehead atoms. The van der Waals surface area contributed by atoms with Gasteiger partial charge in [-0.2, -0.15) is 5.10 Å². The van der Waals surface area contributed by atoms with Crippen molar-refractivity contribution in [1.29, 1.82) is 0 Å². The van der Waals surface area contributed by atoms with Gasteiger partial charge in [0.25, 0.3) is 0 Å². The van der Waals surface area contributed by atoms with Gasteiger partial charge in [0.2, 0.25) is 0 Å². The summed E-state index contributed by atoms with van der Waals surface area (Å²) in [5, 5.41) is 7.72. The highest BCUT2D eigenvalue weighted by Gasteiger charge is 2.00. The fraction of sp³-hybridized carbons (Fsp3) is 0.200. The third-order valence-corrected chi connectivity index (χ3v) is 2.23. The maximum absolute atomic E-state index is 5.79. The third-order valence-electron chi connectivity index (χ3n) is 2.04. The lowest BCUT2D eigenvalue weighted by molar-refractivity contribution is 0.747. The number of pyridine rings is 1. The van der Waals surface area contributed by atoms with E-state index in [1.54, 1.807) is 16.8 Å². The second-order valence-electron chi connectivity index (χ2n) is 3.44. The van der Waals surface area contributed by atoms with Gasteiger partial charge >= 0.3 is 0 Å². The second-order valence-corrected chi connectivity index (χ2v) is 3.83. The highest BCUT2D eigenvalue weighted by Crippen LogP contribution is 2.16. The Balaban J connectivity index is 2.04. The van der Waals surface area contributed by atoms with Gasteiger partial charge in [0.05, 0.1) is 12.2 Å². The van der Waals surface area contributed by atoms with Crippen LogP contribution in [0.4, 0.5) is 11.5 Å². The summed E-state index contributed by atoms with van der Waals surface area (Å²) >= 11 is 5.79. The summed E-state index contributed by atoms with van der Waals surface area (Å²) in [4.78, 5) is 4.10. The minimum Gasteiger partial charge on any atom is -0.399 e. The molecule has 2 aromatic rings. The molecule has 2 aromatic heterocycles. The van der Waals surface area contributed by atoms with E-state index in [2.05, 4.69) is 15.4 Å². The van der Waals surface area contributed by atoms with Crippen LogP contribution in [0.5, 0.6) is 0 Å². The molecule has 0 atom stereocenters. The van der Waals surface area contributed by atoms with Crippen molar-refractivity contribution in [3.05, 3.63) is 35.2 Å². The highest BCUT2D eigenvalue weighted by molar-refractivity contribution is 6.29. The van der Waals surface area contributed by atoms with Gasteiger partial charge in [-0.25, -0.2) is 4.98 Å². The first-order valence-corrected chi connectivity index (χ1v) is 5.17. The molecule has 3 N–H and O–H groups in total. The molecule has 2 rings (SSSR count). The van der Waals surface area contributed by atoms with Gasteiger partial charge in [0, 0.05) is 25.0 Å². The molecule has 0 aliphatic heterocycles. The third kappa shape index (κ3) is 2.64. The molecule has 0 fully saturated rings. The maximum Gasteiger partial charge on any atom is 0.133 e. The molecule has 0 aromatic carbocycles. The minimum absolute atomic E-state index is 0.378. The zero-order chi connectivity index (χ0) is 11.5. The average Bonchev–Trinajstić information content (AvgIpc) is 2.60. The van der Waals surface area contributed by atoms with Crippen LogP contribution < -0.4 is 11.1 Å². The van der Waals surface area contributed by atoms with Gasteiger partial charge in [0.1, 0.15) is 11.0 Å². The highest BCUT2D eigenvalue weighted by atomic mass is 35.5. The van der Waals surface area contributed by atoms with Crippen LogP contribution in [0.15, 0.2) is 24.4 Å². The van der Waals surface area contributed by atoms with Gasteiger partial charge in [-0.05, 0) is 12.1 Å². The quantitative estimate of drug-likeness (QED) is 0.797. The van der Waals surface area contributed by atoms with Crippen LogP contribution in [0.2, 0.25) is 5.15 Å². The Bertz CT molecular complexity index is 473. The van der Waals surface area contributed by atoms with E-state index in [1.807, 2.05) is 19.3 Å². The van der Waals surface area contributed by atoms with Gasteiger partial charge < -0.3 is 11.1 Å². The van der Waals surface area contributed by atoms with E-state index in [9.17, 15) is 0 Å². The van der Waals surface area contributed by atoms with Crippen molar-refractivity contribution < 1.29 is 0 Å². The van der Waals surface area contributed by atoms with Crippen LogP contribution in [-0.4, -0.2) is 14.8 Å². The molecule has 0 spiro atoms. The number of hydrogen-bond acceptors (Lipinski definition) is 4. The summed E-state index contributed by atoms with van der Waals surface area (Å²) in [5.74, 6) is 0.649. The number of anilines is 2. The predicted octanol–water partition coefficient (Wildman–Crippen LogP) is 1.66. The zero-order valence-corrected chi connectivity index (χ0v) is 9.57. The Morgan fingerprint density at radius 1 is 1.50 bits per heavy atom. The standard InChI is InChI=1S/C10H12ClN5/c1-16-3-2-8(15-16)6-13-10-5-7(12)4-9(11)14-10/h2-5H,6H2,1H3,(H3,12,13,14). The zero-order valence-electron chi connectivity index (χ0n) is 8.81. The van der Waals surface area contributed by atoms with E-state index in [-0.39, 0.29) is 0 Å². The van der Waals surface area contributed by atoms with Crippen molar-refractivity contribution in [2.75, 3.05) is 11.1 Å². The summed E-state index contributed by atoms with van der Waals surface area (Å²) in [7, 11) is 1.87. The Kier molecular flexibility index (Phi) is 2.96. The van der Waals surface area contributed by atoms with Gasteiger partial charge in [0.15, 0.2) is 0 Å². The van der Waals surface area contributed by atoms with Crippen molar-refractivity contribution in [3.8, 4) is 0 Å². The molecule has 0 amide bonds. The fourth-order valence-electron chi connectivity index (χ4n) is 1.35. The summed E-state index contributed by atoms with van der Waals surface area (Å²) in [5.41, 5.74) is 7.17. The van der Waals surface area contributed by atoms with Crippen LogP contribution in [0.1, 0.15) is 5.69 Å². The topological polar surface area (TPSA) is 68.8 Å². The molecule has 5 nitrogen and oxygen atoms in total. The van der Waals surface area contributed by atoms with Crippen molar-refractivity contribution >= 4 is 23.1 Å². The van der Waals surface area contributed by atoms with Crippen LogP contribution in [-0.2, 0) is 13.6 Å². The van der Waals surface area contributed by atoms with Crippen LogP contribution in [0, 0.1) is 0 Å². The lowest BCUT2D eigenvalue weighted by Gasteiger charge is -2.04. The Hall–Kier alpha value is -1.75. The number of nitrogens with zero attached hydrogens (tertiary/aromatic N) is 3. The lowest BCUT2D eigenvalue weighted by atomic mass is 10.4. The van der Waals surface area contributed by atoms with Crippen LogP contribution >= 0.6 is 11.6 Å². The molecule has 0 aliphatic carbocycles. The van der Waals surface area contributed by atoms with Gasteiger partial charge in [-0.1, -0.05) is 11.6 Å². The molecular formula is C10H12ClN5. The molecule has 0 saturated heterocycles. The number of hydrogen-bond donors (Lipinski definition) is 2. The number of nitrogens with two attached hydrogens (primary N) is 1. The van der Waals surface area contributed by atoms with E-state index in [0.717, 1.165) is 5.69 Å². The smallest absolute Gasteiger partial charge is 0.133 e. The number of aryl methyl sites for hydroxylation is 1. The van der Waals surface area contributed by atoms with E-state index in [4.69, 9.17) is 17.3 Å². The number of nitrogen functional groups attached to an aromatic ring is 1. The van der Waals surface area contributed by atoms with Crippen molar-refractivity contribution in [1.82, 2.24) is 14.8 Å². The molecule has 84 valence electrons. The molecule has 2 heterocycles. The minimum atomic E-state index is 0.378. The monoisotopic (exact) mass is 237 g/mol. The van der Waals surface area contributed by atoms with Gasteiger partial charge in [-0.15, -0.1) is 0 Å². The van der Waals surface area contributed by atoms with Crippen LogP contribution in [0.25, 0.3) is 0 Å². The normalized spacial score (nSPS) is 10.4. The molecule has 0 saturated carbocycles. The molecule has 0 unspecified atom stereocenters. The molecule has 0 aliphatic rings. The van der Waals surface area contributed by atoms with E-state index in [1.165, 1.54) is 0 Å². The number of aromatic nitrogens is 3. The number of halogens is 1. The van der Waals surface area contributed by atoms with Crippen LogP contribution in [0.3, 0.4) is 0 Å². The fourth-order valence-corrected chi connectivity index (χ4v) is 1.56. The maximum atomic E-state index is 5.79. The summed E-state index contributed by atoms with van der Waals surface area (Å²) in [6.45, 7) is 0.591. The predicted molar refractivity (Wildman–Crippen MR) is 64.2 cm³/mol. The molecule has 6 heteroatoms. The summed E-state index contributed by atoms with van der Waals surface area (Å²) < 4.78 is 1.75. The Morgan fingerprint density at radius 3 is 2.94 bits per heavy atom. The molecule has 16 heavy (non-hydrogen) atoms. The van der Waals surface area contributed by atoms with Gasteiger partial charge in [-0.3, -0.25) is 4.68 Å². The molecular weight excluding hydrogens is 226 g/mol. The average molecular weight is 238 g/mol. The molecule has 0 radical (unpaired) electrons. The summed E-state index contributed by atoms with van der Waals surface area (Å²) in [6.07, 6.45) is 1.89. The first-order valence-electron chi connectivity index (χ1n) is 4.79. The Morgan fingerprint density at radius 2 is 2.31 bits per heavy atom. The Labute approximate surface area is 98.2 Å². The summed E-state index contributed by atoms with van der Waals surface area (Å²) in [6, 6.07) is 5.27. The van der Waals surface area contributed by atoms with Crippen molar-refractivity contribution in [3.63, 3.8) is 0 Å². The lowest BCUT2D eigenvalue weighted by Crippen LogP contribution is -2.03. The number of nitrogens with one attached hydrogen (secondary N) is 1. The van der Waals surface area contributed by atoms with E-state index >= 15 is 0 Å². The number of rotatable bonds is 3. The first-order chi connectivity index (χ1) is 7.63. The first kappa shape index (κ1) is 10.8. The van der Waals surface area contributed by atoms with Crippen molar-refractivity contribution in [2.45, 2.75) is 6.54 Å². The van der Waals surface area contributed by atoms with Crippen molar-refractivity contribution in [2.24, 2.45) is 7.05 Å². The van der Waals surface area contributed by atoms with E-state index in [0.29, 0.717) is 23.2 Å².